The SMILES string of the molecule is CNc1ccc(C(=O)NC2CCSC2)nn1. The molecule has 86 valence electrons. The molecule has 0 aliphatic carbocycles. The minimum absolute atomic E-state index is 0.136. The van der Waals surface area contributed by atoms with E-state index in [1.807, 2.05) is 11.8 Å². The monoisotopic (exact) mass is 238 g/mol. The van der Waals surface area contributed by atoms with Crippen molar-refractivity contribution < 1.29 is 4.79 Å². The Labute approximate surface area is 98.4 Å². The molecule has 1 fully saturated rings. The molecular weight excluding hydrogens is 224 g/mol. The highest BCUT2D eigenvalue weighted by Gasteiger charge is 2.19. The minimum Gasteiger partial charge on any atom is -0.372 e. The van der Waals surface area contributed by atoms with E-state index in [1.54, 1.807) is 19.2 Å². The Bertz CT molecular complexity index is 362. The van der Waals surface area contributed by atoms with Crippen molar-refractivity contribution in [2.45, 2.75) is 12.5 Å². The van der Waals surface area contributed by atoms with Crippen molar-refractivity contribution in [1.29, 1.82) is 0 Å². The minimum atomic E-state index is -0.136. The molecule has 2 heterocycles. The summed E-state index contributed by atoms with van der Waals surface area (Å²) in [6.45, 7) is 0. The zero-order valence-corrected chi connectivity index (χ0v) is 9.88. The van der Waals surface area contributed by atoms with Gasteiger partial charge in [0.15, 0.2) is 5.69 Å². The molecule has 1 aliphatic rings. The number of carbonyl (C=O) groups is 1. The Hall–Kier alpha value is -1.30. The molecule has 1 aromatic heterocycles. The molecule has 2 rings (SSSR count). The summed E-state index contributed by atoms with van der Waals surface area (Å²) in [5.74, 6) is 2.64. The molecule has 1 atom stereocenters. The average molecular weight is 238 g/mol. The molecule has 2 N–H and O–H groups in total. The van der Waals surface area contributed by atoms with Crippen LogP contribution < -0.4 is 10.6 Å². The lowest BCUT2D eigenvalue weighted by molar-refractivity contribution is 0.0935. The van der Waals surface area contributed by atoms with Gasteiger partial charge in [0.25, 0.3) is 5.91 Å². The van der Waals surface area contributed by atoms with E-state index in [0.29, 0.717) is 11.5 Å². The van der Waals surface area contributed by atoms with Gasteiger partial charge < -0.3 is 10.6 Å². The molecule has 1 unspecified atom stereocenters. The zero-order valence-electron chi connectivity index (χ0n) is 9.06. The predicted octanol–water partition coefficient (Wildman–Crippen LogP) is 0.754. The molecule has 5 nitrogen and oxygen atoms in total. The van der Waals surface area contributed by atoms with Gasteiger partial charge in [0.1, 0.15) is 5.82 Å². The van der Waals surface area contributed by atoms with E-state index < -0.39 is 0 Å². The summed E-state index contributed by atoms with van der Waals surface area (Å²) in [6, 6.07) is 3.70. The van der Waals surface area contributed by atoms with Crippen LogP contribution in [0.1, 0.15) is 16.9 Å². The Morgan fingerprint density at radius 1 is 1.50 bits per heavy atom. The summed E-state index contributed by atoms with van der Waals surface area (Å²) in [7, 11) is 1.76. The summed E-state index contributed by atoms with van der Waals surface area (Å²) >= 11 is 1.86. The normalized spacial score (nSPS) is 19.4. The molecule has 0 radical (unpaired) electrons. The average Bonchev–Trinajstić information content (AvgIpc) is 2.82. The number of amides is 1. The van der Waals surface area contributed by atoms with E-state index >= 15 is 0 Å². The van der Waals surface area contributed by atoms with Crippen molar-refractivity contribution in [1.82, 2.24) is 15.5 Å². The van der Waals surface area contributed by atoms with E-state index in [4.69, 9.17) is 0 Å². The number of anilines is 1. The van der Waals surface area contributed by atoms with E-state index in [0.717, 1.165) is 17.9 Å². The number of thioether (sulfide) groups is 1. The summed E-state index contributed by atoms with van der Waals surface area (Å²) < 4.78 is 0. The van der Waals surface area contributed by atoms with Gasteiger partial charge in [-0.25, -0.2) is 0 Å². The molecule has 0 spiro atoms. The van der Waals surface area contributed by atoms with Crippen LogP contribution in [0.2, 0.25) is 0 Å². The van der Waals surface area contributed by atoms with Crippen LogP contribution in [0.4, 0.5) is 5.82 Å². The number of aromatic nitrogens is 2. The van der Waals surface area contributed by atoms with E-state index in [-0.39, 0.29) is 11.9 Å². The van der Waals surface area contributed by atoms with Gasteiger partial charge >= 0.3 is 0 Å². The predicted molar refractivity (Wildman–Crippen MR) is 64.8 cm³/mol. The van der Waals surface area contributed by atoms with Gasteiger partial charge in [-0.15, -0.1) is 10.2 Å². The van der Waals surface area contributed by atoms with Crippen molar-refractivity contribution in [3.05, 3.63) is 17.8 Å². The molecule has 1 aliphatic heterocycles. The van der Waals surface area contributed by atoms with Crippen molar-refractivity contribution in [3.8, 4) is 0 Å². The molecule has 0 aromatic carbocycles. The molecule has 0 saturated carbocycles. The third-order valence-electron chi connectivity index (χ3n) is 2.42. The number of carbonyl (C=O) groups excluding carboxylic acids is 1. The van der Waals surface area contributed by atoms with Crippen molar-refractivity contribution >= 4 is 23.5 Å². The lowest BCUT2D eigenvalue weighted by Crippen LogP contribution is -2.35. The maximum atomic E-state index is 11.8. The van der Waals surface area contributed by atoms with Crippen LogP contribution in [-0.2, 0) is 0 Å². The van der Waals surface area contributed by atoms with Crippen LogP contribution in [0, 0.1) is 0 Å². The van der Waals surface area contributed by atoms with Crippen molar-refractivity contribution in [2.75, 3.05) is 23.9 Å². The molecular formula is C10H14N4OS. The smallest absolute Gasteiger partial charge is 0.272 e. The Balaban J connectivity index is 1.97. The number of nitrogens with zero attached hydrogens (tertiary/aromatic N) is 2. The third-order valence-corrected chi connectivity index (χ3v) is 3.58. The largest absolute Gasteiger partial charge is 0.372 e. The first-order chi connectivity index (χ1) is 7.79. The van der Waals surface area contributed by atoms with Crippen LogP contribution in [0.25, 0.3) is 0 Å². The number of hydrogen-bond acceptors (Lipinski definition) is 5. The number of rotatable bonds is 3. The second-order valence-corrected chi connectivity index (χ2v) is 4.74. The van der Waals surface area contributed by atoms with Gasteiger partial charge in [0.2, 0.25) is 0 Å². The topological polar surface area (TPSA) is 66.9 Å². The van der Waals surface area contributed by atoms with Gasteiger partial charge in [0.05, 0.1) is 0 Å². The summed E-state index contributed by atoms with van der Waals surface area (Å²) in [5, 5.41) is 13.5. The van der Waals surface area contributed by atoms with Gasteiger partial charge in [-0.05, 0) is 24.3 Å². The highest BCUT2D eigenvalue weighted by molar-refractivity contribution is 7.99. The standard InChI is InChI=1S/C10H14N4OS/c1-11-9-3-2-8(13-14-9)10(15)12-7-4-5-16-6-7/h2-3,7H,4-6H2,1H3,(H,11,14)(H,12,15). The first-order valence-electron chi connectivity index (χ1n) is 5.19. The number of nitrogens with one attached hydrogen (secondary N) is 2. The fraction of sp³-hybridized carbons (Fsp3) is 0.500. The van der Waals surface area contributed by atoms with Crippen LogP contribution in [-0.4, -0.2) is 40.7 Å². The fourth-order valence-corrected chi connectivity index (χ4v) is 2.65. The molecule has 0 bridgehead atoms. The van der Waals surface area contributed by atoms with Gasteiger partial charge in [0, 0.05) is 18.8 Å². The lowest BCUT2D eigenvalue weighted by atomic mass is 10.2. The summed E-state index contributed by atoms with van der Waals surface area (Å²) in [6.07, 6.45) is 1.04. The Morgan fingerprint density at radius 3 is 2.94 bits per heavy atom. The zero-order chi connectivity index (χ0) is 11.4. The van der Waals surface area contributed by atoms with Gasteiger partial charge in [-0.3, -0.25) is 4.79 Å². The Morgan fingerprint density at radius 2 is 2.38 bits per heavy atom. The van der Waals surface area contributed by atoms with Crippen LogP contribution in [0.3, 0.4) is 0 Å². The molecule has 1 aromatic rings. The van der Waals surface area contributed by atoms with Gasteiger partial charge in [-0.2, -0.15) is 11.8 Å². The summed E-state index contributed by atoms with van der Waals surface area (Å²) in [4.78, 5) is 11.8. The van der Waals surface area contributed by atoms with E-state index in [1.165, 1.54) is 0 Å². The highest BCUT2D eigenvalue weighted by Crippen LogP contribution is 2.17. The molecule has 16 heavy (non-hydrogen) atoms. The second-order valence-electron chi connectivity index (χ2n) is 3.59. The quantitative estimate of drug-likeness (QED) is 0.813. The highest BCUT2D eigenvalue weighted by atomic mass is 32.2. The third kappa shape index (κ3) is 2.63. The molecule has 1 amide bonds. The first-order valence-corrected chi connectivity index (χ1v) is 6.35. The number of hydrogen-bond donors (Lipinski definition) is 2. The van der Waals surface area contributed by atoms with Crippen molar-refractivity contribution in [3.63, 3.8) is 0 Å². The maximum Gasteiger partial charge on any atom is 0.272 e. The molecule has 6 heteroatoms. The fourth-order valence-electron chi connectivity index (χ4n) is 1.49. The van der Waals surface area contributed by atoms with E-state index in [2.05, 4.69) is 20.8 Å². The molecule has 1 saturated heterocycles. The Kier molecular flexibility index (Phi) is 3.61. The van der Waals surface area contributed by atoms with Crippen LogP contribution >= 0.6 is 11.8 Å². The maximum absolute atomic E-state index is 11.8. The van der Waals surface area contributed by atoms with Crippen molar-refractivity contribution in [2.24, 2.45) is 0 Å². The summed E-state index contributed by atoms with van der Waals surface area (Å²) in [5.41, 5.74) is 0.371. The van der Waals surface area contributed by atoms with Gasteiger partial charge in [-0.1, -0.05) is 0 Å². The second kappa shape index (κ2) is 5.16. The van der Waals surface area contributed by atoms with Crippen LogP contribution in [0.5, 0.6) is 0 Å². The first kappa shape index (κ1) is 11.2. The van der Waals surface area contributed by atoms with E-state index in [9.17, 15) is 4.79 Å². The lowest BCUT2D eigenvalue weighted by Gasteiger charge is -2.10. The van der Waals surface area contributed by atoms with Crippen LogP contribution in [0.15, 0.2) is 12.1 Å².